The number of aromatic hydroxyl groups is 1. The third-order valence-corrected chi connectivity index (χ3v) is 5.39. The van der Waals surface area contributed by atoms with Gasteiger partial charge in [-0.05, 0) is 42.7 Å². The molecule has 0 spiro atoms. The van der Waals surface area contributed by atoms with E-state index >= 15 is 0 Å². The Morgan fingerprint density at radius 1 is 0.970 bits per heavy atom. The molecule has 1 heterocycles. The zero-order chi connectivity index (χ0) is 24.1. The van der Waals surface area contributed by atoms with E-state index in [4.69, 9.17) is 5.11 Å². The number of phenolic OH excluding ortho intramolecular Hbond substituents is 1. The predicted molar refractivity (Wildman–Crippen MR) is 116 cm³/mol. The van der Waals surface area contributed by atoms with E-state index in [9.17, 15) is 34.7 Å². The first-order valence-corrected chi connectivity index (χ1v) is 10.2. The average molecular weight is 454 g/mol. The number of ketones is 1. The molecule has 3 N–H and O–H groups in total. The van der Waals surface area contributed by atoms with Crippen LogP contribution in [-0.4, -0.2) is 49.3 Å². The molecule has 1 atom stereocenters. The van der Waals surface area contributed by atoms with Crippen molar-refractivity contribution in [2.75, 3.05) is 6.54 Å². The van der Waals surface area contributed by atoms with Crippen LogP contribution < -0.4 is 0 Å². The molecule has 0 aliphatic carbocycles. The molecule has 0 saturated carbocycles. The second-order valence-corrected chi connectivity index (χ2v) is 7.59. The Morgan fingerprint density at radius 3 is 2.18 bits per heavy atom. The Bertz CT molecular complexity index is 1110. The van der Waals surface area contributed by atoms with E-state index in [1.54, 1.807) is 0 Å². The quantitative estimate of drug-likeness (QED) is 0.130. The summed E-state index contributed by atoms with van der Waals surface area (Å²) in [5.41, 5.74) is 0.276. The number of aliphatic carboxylic acids is 1. The van der Waals surface area contributed by atoms with Crippen LogP contribution in [-0.2, 0) is 14.4 Å². The van der Waals surface area contributed by atoms with Crippen LogP contribution in [0.25, 0.3) is 5.76 Å². The van der Waals surface area contributed by atoms with E-state index in [1.807, 2.05) is 0 Å². The van der Waals surface area contributed by atoms with Crippen LogP contribution in [0, 0.1) is 10.1 Å². The van der Waals surface area contributed by atoms with Crippen molar-refractivity contribution in [3.63, 3.8) is 0 Å². The van der Waals surface area contributed by atoms with Crippen molar-refractivity contribution < 1.29 is 34.6 Å². The Hall–Kier alpha value is -4.21. The van der Waals surface area contributed by atoms with Crippen molar-refractivity contribution in [3.8, 4) is 5.75 Å². The maximum Gasteiger partial charge on any atom is 0.303 e. The zero-order valence-electron chi connectivity index (χ0n) is 17.5. The number of nitro groups is 1. The highest BCUT2D eigenvalue weighted by molar-refractivity contribution is 6.46. The number of carbonyl (C=O) groups excluding carboxylic acids is 2. The summed E-state index contributed by atoms with van der Waals surface area (Å²) in [4.78, 5) is 48.0. The Kier molecular flexibility index (Phi) is 7.07. The number of unbranched alkanes of at least 4 members (excludes halogenated alkanes) is 2. The van der Waals surface area contributed by atoms with E-state index in [0.29, 0.717) is 24.8 Å². The van der Waals surface area contributed by atoms with Gasteiger partial charge in [0.2, 0.25) is 0 Å². The van der Waals surface area contributed by atoms with Crippen LogP contribution in [0.5, 0.6) is 5.75 Å². The minimum absolute atomic E-state index is 0.000350. The van der Waals surface area contributed by atoms with Gasteiger partial charge in [-0.25, -0.2) is 0 Å². The van der Waals surface area contributed by atoms with Crippen molar-refractivity contribution in [1.82, 2.24) is 4.90 Å². The SMILES string of the molecule is O=C(O)CCCCCN1C(=O)C(=O)C(=C(O)c2ccc([N+](=O)[O-])cc2)[C@@H]1c1ccc(O)cc1. The van der Waals surface area contributed by atoms with Crippen molar-refractivity contribution in [2.45, 2.75) is 31.7 Å². The smallest absolute Gasteiger partial charge is 0.303 e. The number of phenols is 1. The lowest BCUT2D eigenvalue weighted by molar-refractivity contribution is -0.384. The normalized spacial score (nSPS) is 17.3. The number of rotatable bonds is 9. The summed E-state index contributed by atoms with van der Waals surface area (Å²) in [6.07, 6.45) is 1.40. The van der Waals surface area contributed by atoms with Crippen LogP contribution >= 0.6 is 0 Å². The fourth-order valence-corrected chi connectivity index (χ4v) is 3.75. The second kappa shape index (κ2) is 9.94. The van der Waals surface area contributed by atoms with E-state index in [0.717, 1.165) is 0 Å². The Morgan fingerprint density at radius 2 is 1.61 bits per heavy atom. The van der Waals surface area contributed by atoms with Gasteiger partial charge in [0.05, 0.1) is 16.5 Å². The minimum atomic E-state index is -0.930. The lowest BCUT2D eigenvalue weighted by Gasteiger charge is -2.25. The van der Waals surface area contributed by atoms with Crippen molar-refractivity contribution in [2.24, 2.45) is 0 Å². The minimum Gasteiger partial charge on any atom is -0.508 e. The molecule has 1 aliphatic heterocycles. The third-order valence-electron chi connectivity index (χ3n) is 5.39. The predicted octanol–water partition coefficient (Wildman–Crippen LogP) is 3.37. The molecule has 1 fully saturated rings. The molecule has 2 aromatic carbocycles. The zero-order valence-corrected chi connectivity index (χ0v) is 17.5. The summed E-state index contributed by atoms with van der Waals surface area (Å²) in [6.45, 7) is 0.160. The Labute approximate surface area is 188 Å². The first-order valence-electron chi connectivity index (χ1n) is 10.2. The molecule has 1 saturated heterocycles. The van der Waals surface area contributed by atoms with Crippen molar-refractivity contribution >= 4 is 29.1 Å². The number of amides is 1. The molecule has 1 aliphatic rings. The molecule has 0 bridgehead atoms. The summed E-state index contributed by atoms with van der Waals surface area (Å²) in [6, 6.07) is 9.88. The maximum absolute atomic E-state index is 12.9. The number of aliphatic hydroxyl groups excluding tert-OH is 1. The number of aliphatic hydroxyl groups is 1. The first-order chi connectivity index (χ1) is 15.7. The maximum atomic E-state index is 12.9. The number of carbonyl (C=O) groups is 3. The lowest BCUT2D eigenvalue weighted by Crippen LogP contribution is -2.30. The van der Waals surface area contributed by atoms with Crippen LogP contribution in [0.4, 0.5) is 5.69 Å². The lowest BCUT2D eigenvalue weighted by atomic mass is 9.95. The molecule has 10 nitrogen and oxygen atoms in total. The van der Waals surface area contributed by atoms with Crippen molar-refractivity contribution in [1.29, 1.82) is 0 Å². The standard InChI is InChI=1S/C23H22N2O8/c26-17-11-7-14(8-12-17)20-19(21(29)15-5-9-16(10-6-15)25(32)33)22(30)23(31)24(20)13-3-1-2-4-18(27)28/h5-12,20,26,29H,1-4,13H2,(H,27,28)/t20-/m0/s1. The Balaban J connectivity index is 1.97. The van der Waals surface area contributed by atoms with Gasteiger partial charge in [-0.2, -0.15) is 0 Å². The summed E-state index contributed by atoms with van der Waals surface area (Å²) in [5.74, 6) is -3.10. The van der Waals surface area contributed by atoms with Crippen LogP contribution in [0.1, 0.15) is 42.9 Å². The molecule has 1 amide bonds. The van der Waals surface area contributed by atoms with Crippen LogP contribution in [0.15, 0.2) is 54.1 Å². The second-order valence-electron chi connectivity index (χ2n) is 7.59. The molecule has 0 aromatic heterocycles. The summed E-state index contributed by atoms with van der Waals surface area (Å²) in [5, 5.41) is 40.2. The fraction of sp³-hybridized carbons (Fsp3) is 0.261. The van der Waals surface area contributed by atoms with Gasteiger partial charge in [-0.3, -0.25) is 24.5 Å². The number of carboxylic acids is 1. The number of hydrogen-bond acceptors (Lipinski definition) is 7. The van der Waals surface area contributed by atoms with Crippen molar-refractivity contribution in [3.05, 3.63) is 75.3 Å². The number of nitro benzene ring substituents is 1. The van der Waals surface area contributed by atoms with E-state index in [1.165, 1.54) is 53.4 Å². The number of non-ortho nitro benzene ring substituents is 1. The van der Waals surface area contributed by atoms with Gasteiger partial charge in [0.15, 0.2) is 0 Å². The van der Waals surface area contributed by atoms with Gasteiger partial charge in [0, 0.05) is 30.7 Å². The van der Waals surface area contributed by atoms with E-state index < -0.39 is 34.4 Å². The van der Waals surface area contributed by atoms with Crippen LogP contribution in [0.3, 0.4) is 0 Å². The van der Waals surface area contributed by atoms with Gasteiger partial charge in [-0.15, -0.1) is 0 Å². The van der Waals surface area contributed by atoms with Crippen LogP contribution in [0.2, 0.25) is 0 Å². The summed E-state index contributed by atoms with van der Waals surface area (Å²) < 4.78 is 0. The molecule has 2 aromatic rings. The number of hydrogen-bond donors (Lipinski definition) is 3. The highest BCUT2D eigenvalue weighted by atomic mass is 16.6. The summed E-state index contributed by atoms with van der Waals surface area (Å²) in [7, 11) is 0. The highest BCUT2D eigenvalue weighted by Crippen LogP contribution is 2.40. The number of benzene rings is 2. The average Bonchev–Trinajstić information content (AvgIpc) is 3.03. The molecule has 172 valence electrons. The largest absolute Gasteiger partial charge is 0.508 e. The number of nitrogens with zero attached hydrogens (tertiary/aromatic N) is 2. The molecule has 0 radical (unpaired) electrons. The number of likely N-dealkylation sites (tertiary alicyclic amines) is 1. The van der Waals surface area contributed by atoms with E-state index in [2.05, 4.69) is 0 Å². The van der Waals surface area contributed by atoms with Gasteiger partial charge in [0.1, 0.15) is 11.5 Å². The molecule has 10 heteroatoms. The third kappa shape index (κ3) is 5.17. The molecule has 0 unspecified atom stereocenters. The van der Waals surface area contributed by atoms with Gasteiger partial charge < -0.3 is 20.2 Å². The number of Topliss-reactive ketones (excluding diaryl/α,β-unsaturated/α-hetero) is 1. The van der Waals surface area contributed by atoms with E-state index in [-0.39, 0.29) is 35.5 Å². The van der Waals surface area contributed by atoms with Gasteiger partial charge in [-0.1, -0.05) is 18.6 Å². The van der Waals surface area contributed by atoms with Gasteiger partial charge >= 0.3 is 5.97 Å². The molecular formula is C23H22N2O8. The topological polar surface area (TPSA) is 158 Å². The molecule has 33 heavy (non-hydrogen) atoms. The van der Waals surface area contributed by atoms with Gasteiger partial charge in [0.25, 0.3) is 17.4 Å². The monoisotopic (exact) mass is 454 g/mol. The summed E-state index contributed by atoms with van der Waals surface area (Å²) >= 11 is 0. The molecular weight excluding hydrogens is 432 g/mol. The number of carboxylic acid groups (broad SMARTS) is 1. The molecule has 3 rings (SSSR count). The highest BCUT2D eigenvalue weighted by Gasteiger charge is 2.45. The fourth-order valence-electron chi connectivity index (χ4n) is 3.75. The first kappa shape index (κ1) is 23.5.